The third-order valence-electron chi connectivity index (χ3n) is 10.8. The number of fused-ring (bicyclic) bond motifs is 3. The highest BCUT2D eigenvalue weighted by atomic mass is 32.1. The second-order valence-electron chi connectivity index (χ2n) is 13.8. The highest BCUT2D eigenvalue weighted by Gasteiger charge is 2.66. The molecule has 0 aliphatic heterocycles. The number of benzene rings is 7. The van der Waals surface area contributed by atoms with Gasteiger partial charge in [0.2, 0.25) is 0 Å². The Morgan fingerprint density at radius 1 is 0.608 bits per heavy atom. The number of hydrogen-bond acceptors (Lipinski definition) is 4. The molecule has 3 N–H and O–H groups in total. The number of rotatable bonds is 9. The average molecular weight is 678 g/mol. The van der Waals surface area contributed by atoms with Crippen LogP contribution in [-0.2, 0) is 12.1 Å². The Hall–Kier alpha value is -5.52. The number of hydrogen-bond donors (Lipinski definition) is 2. The van der Waals surface area contributed by atoms with Gasteiger partial charge >= 0.3 is 0 Å². The maximum atomic E-state index is 7.17. The highest BCUT2D eigenvalue weighted by Crippen LogP contribution is 2.66. The molecule has 7 aromatic carbocycles. The standard InChI is InChI=1S/C47H39N3S/c1-32-46(37-23-21-35(22-24-37)34-15-7-3-8-16-34)47(32,50(48)31-33-13-5-2-6-14-33)38-25-27-39(28-26-38)49-43-30-45-42(40-19-11-12-20-44(40)51-45)29-41(43)36-17-9-4-10-18-36/h2-30,32,46,49H,31,48H2,1H3/t32-,46?,47?/m0/s1. The van der Waals surface area contributed by atoms with Crippen molar-refractivity contribution in [3.63, 3.8) is 0 Å². The van der Waals surface area contributed by atoms with Crippen LogP contribution in [0.4, 0.5) is 11.4 Å². The zero-order valence-corrected chi connectivity index (χ0v) is 29.4. The first-order valence-corrected chi connectivity index (χ1v) is 18.5. The molecule has 4 heteroatoms. The number of anilines is 2. The van der Waals surface area contributed by atoms with Crippen LogP contribution in [0.25, 0.3) is 42.4 Å². The normalized spacial score (nSPS) is 18.3. The molecule has 3 nitrogen and oxygen atoms in total. The summed E-state index contributed by atoms with van der Waals surface area (Å²) < 4.78 is 2.59. The summed E-state index contributed by atoms with van der Waals surface area (Å²) in [6.07, 6.45) is 0. The van der Waals surface area contributed by atoms with E-state index in [2.05, 4.69) is 193 Å². The van der Waals surface area contributed by atoms with E-state index in [4.69, 9.17) is 5.84 Å². The summed E-state index contributed by atoms with van der Waals surface area (Å²) in [6.45, 7) is 3.01. The molecule has 3 atom stereocenters. The van der Waals surface area contributed by atoms with Gasteiger partial charge in [0, 0.05) is 49.6 Å². The molecule has 51 heavy (non-hydrogen) atoms. The van der Waals surface area contributed by atoms with Crippen molar-refractivity contribution in [1.82, 2.24) is 5.01 Å². The van der Waals surface area contributed by atoms with Crippen molar-refractivity contribution in [1.29, 1.82) is 0 Å². The van der Waals surface area contributed by atoms with Crippen LogP contribution in [0.5, 0.6) is 0 Å². The van der Waals surface area contributed by atoms with Crippen LogP contribution >= 0.6 is 11.3 Å². The first kappa shape index (κ1) is 31.5. The molecule has 248 valence electrons. The minimum Gasteiger partial charge on any atom is -0.355 e. The van der Waals surface area contributed by atoms with Crippen LogP contribution in [0.1, 0.15) is 29.5 Å². The van der Waals surface area contributed by atoms with E-state index in [9.17, 15) is 0 Å². The second kappa shape index (κ2) is 13.0. The molecule has 9 rings (SSSR count). The summed E-state index contributed by atoms with van der Waals surface area (Å²) in [7, 11) is 0. The summed E-state index contributed by atoms with van der Waals surface area (Å²) in [6, 6.07) is 63.3. The maximum Gasteiger partial charge on any atom is 0.0707 e. The summed E-state index contributed by atoms with van der Waals surface area (Å²) in [5.74, 6) is 7.75. The van der Waals surface area contributed by atoms with Gasteiger partial charge in [-0.05, 0) is 69.6 Å². The molecule has 1 aromatic heterocycles. The monoisotopic (exact) mass is 677 g/mol. The van der Waals surface area contributed by atoms with E-state index in [0.717, 1.165) is 11.4 Å². The third kappa shape index (κ3) is 5.62. The summed E-state index contributed by atoms with van der Waals surface area (Å²) in [5.41, 5.74) is 10.4. The van der Waals surface area contributed by atoms with E-state index >= 15 is 0 Å². The van der Waals surface area contributed by atoms with Gasteiger partial charge in [0.15, 0.2) is 0 Å². The second-order valence-corrected chi connectivity index (χ2v) is 14.8. The third-order valence-corrected chi connectivity index (χ3v) is 12.0. The van der Waals surface area contributed by atoms with E-state index < -0.39 is 0 Å². The quantitative estimate of drug-likeness (QED) is 0.118. The fourth-order valence-electron chi connectivity index (χ4n) is 8.27. The predicted octanol–water partition coefficient (Wildman–Crippen LogP) is 12.1. The number of nitrogens with one attached hydrogen (secondary N) is 1. The molecule has 1 aliphatic carbocycles. The summed E-state index contributed by atoms with van der Waals surface area (Å²) in [5, 5.41) is 8.51. The van der Waals surface area contributed by atoms with Gasteiger partial charge in [-0.25, -0.2) is 5.01 Å². The van der Waals surface area contributed by atoms with Crippen LogP contribution in [0.15, 0.2) is 176 Å². The predicted molar refractivity (Wildman–Crippen MR) is 216 cm³/mol. The summed E-state index contributed by atoms with van der Waals surface area (Å²) >= 11 is 1.85. The van der Waals surface area contributed by atoms with Crippen molar-refractivity contribution in [3.05, 3.63) is 193 Å². The van der Waals surface area contributed by atoms with Gasteiger partial charge in [-0.1, -0.05) is 153 Å². The lowest BCUT2D eigenvalue weighted by molar-refractivity contribution is 0.152. The Kier molecular flexibility index (Phi) is 8.01. The average Bonchev–Trinajstić information content (AvgIpc) is 3.65. The Bertz CT molecular complexity index is 2440. The van der Waals surface area contributed by atoms with Crippen LogP contribution in [0.3, 0.4) is 0 Å². The zero-order chi connectivity index (χ0) is 34.4. The van der Waals surface area contributed by atoms with Crippen LogP contribution in [0, 0.1) is 5.92 Å². The number of nitrogens with zero attached hydrogens (tertiary/aromatic N) is 1. The number of hydrazine groups is 1. The van der Waals surface area contributed by atoms with E-state index in [1.165, 1.54) is 59.1 Å². The van der Waals surface area contributed by atoms with E-state index in [1.54, 1.807) is 0 Å². The van der Waals surface area contributed by atoms with Crippen LogP contribution < -0.4 is 11.2 Å². The SMILES string of the molecule is C[C@H]1C(c2ccc(-c3ccccc3)cc2)C1(c1ccc(Nc2cc3sc4ccccc4c3cc2-c2ccccc2)cc1)N(N)Cc1ccccc1. The van der Waals surface area contributed by atoms with Gasteiger partial charge < -0.3 is 5.32 Å². The zero-order valence-electron chi connectivity index (χ0n) is 28.5. The molecule has 1 fully saturated rings. The van der Waals surface area contributed by atoms with Crippen molar-refractivity contribution < 1.29 is 0 Å². The van der Waals surface area contributed by atoms with Crippen molar-refractivity contribution in [2.45, 2.75) is 24.9 Å². The molecule has 0 saturated heterocycles. The van der Waals surface area contributed by atoms with E-state index in [1.807, 2.05) is 11.3 Å². The fraction of sp³-hybridized carbons (Fsp3) is 0.106. The van der Waals surface area contributed by atoms with Crippen molar-refractivity contribution in [2.24, 2.45) is 11.8 Å². The van der Waals surface area contributed by atoms with Gasteiger partial charge in [0.05, 0.1) is 5.54 Å². The molecule has 0 amide bonds. The minimum absolute atomic E-state index is 0.259. The van der Waals surface area contributed by atoms with Crippen LogP contribution in [0.2, 0.25) is 0 Å². The molecule has 8 aromatic rings. The van der Waals surface area contributed by atoms with Crippen LogP contribution in [-0.4, -0.2) is 5.01 Å². The highest BCUT2D eigenvalue weighted by molar-refractivity contribution is 7.25. The van der Waals surface area contributed by atoms with Crippen molar-refractivity contribution in [3.8, 4) is 22.3 Å². The minimum atomic E-state index is -0.339. The van der Waals surface area contributed by atoms with Gasteiger partial charge in [0.25, 0.3) is 0 Å². The Morgan fingerprint density at radius 2 is 1.22 bits per heavy atom. The molecule has 2 unspecified atom stereocenters. The lowest BCUT2D eigenvalue weighted by Gasteiger charge is -2.31. The lowest BCUT2D eigenvalue weighted by Crippen LogP contribution is -2.42. The van der Waals surface area contributed by atoms with Crippen molar-refractivity contribution in [2.75, 3.05) is 5.32 Å². The Morgan fingerprint density at radius 3 is 1.92 bits per heavy atom. The molecule has 1 saturated carbocycles. The lowest BCUT2D eigenvalue weighted by atomic mass is 9.95. The number of nitrogens with two attached hydrogens (primary N) is 1. The molecule has 0 spiro atoms. The molecule has 0 radical (unpaired) electrons. The first-order chi connectivity index (χ1) is 25.1. The van der Waals surface area contributed by atoms with E-state index in [-0.39, 0.29) is 11.5 Å². The maximum absolute atomic E-state index is 7.17. The molecule has 1 heterocycles. The van der Waals surface area contributed by atoms with Gasteiger partial charge in [-0.15, -0.1) is 11.3 Å². The summed E-state index contributed by atoms with van der Waals surface area (Å²) in [4.78, 5) is 0. The molecule has 1 aliphatic rings. The molecular formula is C47H39N3S. The molecule has 0 bridgehead atoms. The Balaban J connectivity index is 1.07. The van der Waals surface area contributed by atoms with Gasteiger partial charge in [-0.3, -0.25) is 5.84 Å². The van der Waals surface area contributed by atoms with E-state index in [0.29, 0.717) is 12.5 Å². The molecular weight excluding hydrogens is 639 g/mol. The Labute approximate surface area is 303 Å². The van der Waals surface area contributed by atoms with Crippen molar-refractivity contribution >= 4 is 42.9 Å². The van der Waals surface area contributed by atoms with Gasteiger partial charge in [0.1, 0.15) is 0 Å². The topological polar surface area (TPSA) is 41.3 Å². The largest absolute Gasteiger partial charge is 0.355 e. The fourth-order valence-corrected chi connectivity index (χ4v) is 9.39. The van der Waals surface area contributed by atoms with Gasteiger partial charge in [-0.2, -0.15) is 0 Å². The number of thiophene rings is 1. The smallest absolute Gasteiger partial charge is 0.0707 e. The first-order valence-electron chi connectivity index (χ1n) is 17.7.